The number of aryl methyl sites for hydroxylation is 1. The molecule has 0 amide bonds. The third-order valence-electron chi connectivity index (χ3n) is 3.25. The average molecular weight is 324 g/mol. The fourth-order valence-electron chi connectivity index (χ4n) is 2.07. The van der Waals surface area contributed by atoms with Crippen LogP contribution in [0.15, 0.2) is 57.8 Å². The fraction of sp³-hybridized carbons (Fsp3) is 0.118. The number of furan rings is 1. The number of nitrogens with zero attached hydrogens (tertiary/aromatic N) is 3. The summed E-state index contributed by atoms with van der Waals surface area (Å²) in [6, 6.07) is 11.8. The first-order chi connectivity index (χ1) is 11.1. The van der Waals surface area contributed by atoms with E-state index in [0.29, 0.717) is 10.6 Å². The van der Waals surface area contributed by atoms with Gasteiger partial charge in [0.2, 0.25) is 4.77 Å². The first kappa shape index (κ1) is 15.2. The molecule has 0 atom stereocenters. The van der Waals surface area contributed by atoms with Gasteiger partial charge in [-0.2, -0.15) is 14.9 Å². The van der Waals surface area contributed by atoms with Gasteiger partial charge in [-0.25, -0.2) is 5.10 Å². The quantitative estimate of drug-likeness (QED) is 0.570. The number of aromatic amines is 1. The lowest BCUT2D eigenvalue weighted by atomic mass is 10.1. The summed E-state index contributed by atoms with van der Waals surface area (Å²) in [7, 11) is 0. The Morgan fingerprint density at radius 2 is 2.09 bits per heavy atom. The molecule has 3 rings (SSSR count). The molecule has 6 heteroatoms. The minimum atomic E-state index is 0.447. The van der Waals surface area contributed by atoms with Crippen LogP contribution in [0.3, 0.4) is 0 Å². The largest absolute Gasteiger partial charge is 0.465 e. The van der Waals surface area contributed by atoms with E-state index in [2.05, 4.69) is 15.3 Å². The summed E-state index contributed by atoms with van der Waals surface area (Å²) in [4.78, 5) is 0. The van der Waals surface area contributed by atoms with Gasteiger partial charge < -0.3 is 4.42 Å². The number of benzene rings is 1. The predicted molar refractivity (Wildman–Crippen MR) is 93.8 cm³/mol. The van der Waals surface area contributed by atoms with Crippen LogP contribution in [0, 0.1) is 11.7 Å². The average Bonchev–Trinajstić information content (AvgIpc) is 3.16. The molecule has 5 nitrogen and oxygen atoms in total. The minimum Gasteiger partial charge on any atom is -0.465 e. The SMILES string of the molecule is C/C(C=Nn1c(-c2ccc(C)cc2)n[nH]c1=S)=C/c1ccco1. The van der Waals surface area contributed by atoms with Crippen molar-refractivity contribution in [1.29, 1.82) is 0 Å². The minimum absolute atomic E-state index is 0.447. The number of rotatable bonds is 4. The Kier molecular flexibility index (Phi) is 4.34. The van der Waals surface area contributed by atoms with Crippen molar-refractivity contribution in [3.05, 3.63) is 64.3 Å². The van der Waals surface area contributed by atoms with Crippen molar-refractivity contribution in [2.75, 3.05) is 0 Å². The molecule has 1 aromatic carbocycles. The molecule has 0 fully saturated rings. The van der Waals surface area contributed by atoms with Gasteiger partial charge in [0, 0.05) is 5.56 Å². The van der Waals surface area contributed by atoms with Gasteiger partial charge >= 0.3 is 0 Å². The van der Waals surface area contributed by atoms with Crippen molar-refractivity contribution in [3.8, 4) is 11.4 Å². The van der Waals surface area contributed by atoms with Crippen LogP contribution in [0.1, 0.15) is 18.2 Å². The molecule has 0 bridgehead atoms. The number of aromatic nitrogens is 3. The van der Waals surface area contributed by atoms with Gasteiger partial charge in [0.25, 0.3) is 0 Å². The Balaban J connectivity index is 1.91. The van der Waals surface area contributed by atoms with Gasteiger partial charge in [0.05, 0.1) is 12.5 Å². The normalized spacial score (nSPS) is 12.2. The third-order valence-corrected chi connectivity index (χ3v) is 3.51. The molecule has 0 aliphatic carbocycles. The summed E-state index contributed by atoms with van der Waals surface area (Å²) in [5, 5.41) is 11.5. The van der Waals surface area contributed by atoms with Crippen LogP contribution < -0.4 is 0 Å². The van der Waals surface area contributed by atoms with Gasteiger partial charge in [-0.1, -0.05) is 29.8 Å². The highest BCUT2D eigenvalue weighted by Crippen LogP contribution is 2.17. The highest BCUT2D eigenvalue weighted by Gasteiger charge is 2.07. The molecular formula is C17H16N4OS. The standard InChI is InChI=1S/C17H16N4OS/c1-12-5-7-14(8-6-12)16-19-20-17(23)21(16)18-11-13(2)10-15-4-3-9-22-15/h3-11H,1-2H3,(H,20,23)/b13-10-,18-11?. The lowest BCUT2D eigenvalue weighted by molar-refractivity contribution is 0.557. The van der Waals surface area contributed by atoms with Crippen molar-refractivity contribution in [1.82, 2.24) is 14.9 Å². The molecule has 0 saturated carbocycles. The first-order valence-corrected chi connectivity index (χ1v) is 7.55. The van der Waals surface area contributed by atoms with Crippen LogP contribution in [0.25, 0.3) is 17.5 Å². The molecular weight excluding hydrogens is 308 g/mol. The molecule has 2 aromatic heterocycles. The van der Waals surface area contributed by atoms with Crippen LogP contribution in [-0.4, -0.2) is 21.1 Å². The number of nitrogens with one attached hydrogen (secondary N) is 1. The molecule has 23 heavy (non-hydrogen) atoms. The smallest absolute Gasteiger partial charge is 0.216 e. The van der Waals surface area contributed by atoms with Crippen LogP contribution >= 0.6 is 12.2 Å². The highest BCUT2D eigenvalue weighted by atomic mass is 32.1. The second-order valence-corrected chi connectivity index (χ2v) is 5.57. The number of hydrogen-bond acceptors (Lipinski definition) is 4. The highest BCUT2D eigenvalue weighted by molar-refractivity contribution is 7.71. The van der Waals surface area contributed by atoms with Crippen LogP contribution in [-0.2, 0) is 0 Å². The van der Waals surface area contributed by atoms with E-state index in [0.717, 1.165) is 16.9 Å². The van der Waals surface area contributed by atoms with Crippen molar-refractivity contribution >= 4 is 24.5 Å². The molecule has 0 aliphatic heterocycles. The lowest BCUT2D eigenvalue weighted by Crippen LogP contribution is -1.95. The molecule has 0 spiro atoms. The van der Waals surface area contributed by atoms with Crippen LogP contribution in [0.5, 0.6) is 0 Å². The Hall–Kier alpha value is -2.73. The number of H-pyrrole nitrogens is 1. The zero-order valence-corrected chi connectivity index (χ0v) is 13.7. The Morgan fingerprint density at radius 3 is 2.78 bits per heavy atom. The molecule has 3 aromatic rings. The van der Waals surface area contributed by atoms with Crippen molar-refractivity contribution in [2.24, 2.45) is 5.10 Å². The van der Waals surface area contributed by atoms with E-state index in [-0.39, 0.29) is 0 Å². The maximum Gasteiger partial charge on any atom is 0.216 e. The summed E-state index contributed by atoms with van der Waals surface area (Å²) < 4.78 is 7.34. The van der Waals surface area contributed by atoms with E-state index < -0.39 is 0 Å². The molecule has 0 saturated heterocycles. The molecule has 0 aliphatic rings. The van der Waals surface area contributed by atoms with Gasteiger partial charge in [-0.3, -0.25) is 0 Å². The lowest BCUT2D eigenvalue weighted by Gasteiger charge is -2.01. The zero-order valence-electron chi connectivity index (χ0n) is 12.9. The number of hydrogen-bond donors (Lipinski definition) is 1. The van der Waals surface area contributed by atoms with Crippen molar-refractivity contribution in [2.45, 2.75) is 13.8 Å². The zero-order chi connectivity index (χ0) is 16.2. The Labute approximate surface area is 139 Å². The molecule has 2 heterocycles. The summed E-state index contributed by atoms with van der Waals surface area (Å²) in [5.41, 5.74) is 3.08. The second-order valence-electron chi connectivity index (χ2n) is 5.18. The summed E-state index contributed by atoms with van der Waals surface area (Å²) in [5.74, 6) is 1.46. The second kappa shape index (κ2) is 6.58. The topological polar surface area (TPSA) is 59.1 Å². The van der Waals surface area contributed by atoms with Crippen molar-refractivity contribution < 1.29 is 4.42 Å². The maximum atomic E-state index is 5.29. The summed E-state index contributed by atoms with van der Waals surface area (Å²) >= 11 is 5.26. The third kappa shape index (κ3) is 3.54. The summed E-state index contributed by atoms with van der Waals surface area (Å²) in [6.07, 6.45) is 5.27. The van der Waals surface area contributed by atoms with E-state index in [4.69, 9.17) is 16.6 Å². The maximum absolute atomic E-state index is 5.29. The van der Waals surface area contributed by atoms with Gasteiger partial charge in [-0.15, -0.1) is 0 Å². The molecule has 116 valence electrons. The molecule has 0 unspecified atom stereocenters. The molecule has 0 radical (unpaired) electrons. The van der Waals surface area contributed by atoms with E-state index in [1.807, 2.05) is 56.3 Å². The van der Waals surface area contributed by atoms with Crippen LogP contribution in [0.2, 0.25) is 0 Å². The predicted octanol–water partition coefficient (Wildman–Crippen LogP) is 4.45. The van der Waals surface area contributed by atoms with Gasteiger partial charge in [0.15, 0.2) is 5.82 Å². The monoisotopic (exact) mass is 324 g/mol. The van der Waals surface area contributed by atoms with Crippen molar-refractivity contribution in [3.63, 3.8) is 0 Å². The van der Waals surface area contributed by atoms with E-state index in [1.165, 1.54) is 5.56 Å². The first-order valence-electron chi connectivity index (χ1n) is 7.14. The van der Waals surface area contributed by atoms with E-state index >= 15 is 0 Å². The number of allylic oxidation sites excluding steroid dienone is 1. The Morgan fingerprint density at radius 1 is 1.30 bits per heavy atom. The van der Waals surface area contributed by atoms with Crippen LogP contribution in [0.4, 0.5) is 0 Å². The van der Waals surface area contributed by atoms with Gasteiger partial charge in [-0.05, 0) is 49.8 Å². The Bertz CT molecular complexity index is 899. The van der Waals surface area contributed by atoms with E-state index in [1.54, 1.807) is 17.2 Å². The summed E-state index contributed by atoms with van der Waals surface area (Å²) in [6.45, 7) is 3.99. The van der Waals surface area contributed by atoms with Gasteiger partial charge in [0.1, 0.15) is 5.76 Å². The van der Waals surface area contributed by atoms with E-state index in [9.17, 15) is 0 Å². The molecule has 1 N–H and O–H groups in total. The fourth-order valence-corrected chi connectivity index (χ4v) is 2.25.